The molecule has 0 unspecified atom stereocenters. The molecule has 21 heavy (non-hydrogen) atoms. The first kappa shape index (κ1) is 19.7. The maximum atomic E-state index is 8.49. The van der Waals surface area contributed by atoms with Crippen LogP contribution in [0.3, 0.4) is 0 Å². The quantitative estimate of drug-likeness (QED) is 0.345. The van der Waals surface area contributed by atoms with E-state index in [4.69, 9.17) is 18.6 Å². The minimum absolute atomic E-state index is 0.814. The second kappa shape index (κ2) is 8.23. The smallest absolute Gasteiger partial charge is 0.176 e. The molecule has 1 aromatic carbocycles. The number of allylic oxidation sites excluding steroid dienone is 1. The predicted molar refractivity (Wildman–Crippen MR) is 70.6 cm³/mol. The molecule has 0 bridgehead atoms. The standard InChI is InChI=1S/C14H22N2.ClHO4/c1-15(2)11-14(12-16(3,4)5)13-9-7-6-8-10-13;2-1(3,4)5/h6-12H,1-5H3;(H,2,3,4,5)/q+2;/p-1/b14-12-;. The number of halogens is 1. The summed E-state index contributed by atoms with van der Waals surface area (Å²) in [6.45, 7) is 0. The molecular weight excluding hydrogens is 296 g/mol. The van der Waals surface area contributed by atoms with Gasteiger partial charge in [0, 0.05) is 0 Å². The third kappa shape index (κ3) is 13.5. The Balaban J connectivity index is 0.000000690. The third-order valence-corrected chi connectivity index (χ3v) is 2.03. The Kier molecular flexibility index (Phi) is 7.73. The summed E-state index contributed by atoms with van der Waals surface area (Å²) >= 11 is 0. The Morgan fingerprint density at radius 1 is 1.00 bits per heavy atom. The van der Waals surface area contributed by atoms with Gasteiger partial charge in [0.25, 0.3) is 0 Å². The van der Waals surface area contributed by atoms with Gasteiger partial charge in [0.15, 0.2) is 6.21 Å². The average molecular weight is 318 g/mol. The first-order chi connectivity index (χ1) is 9.38. The summed E-state index contributed by atoms with van der Waals surface area (Å²) in [6.07, 6.45) is 4.40. The lowest BCUT2D eigenvalue weighted by atomic mass is 10.1. The molecule has 0 aromatic heterocycles. The Bertz CT molecular complexity index is 478. The van der Waals surface area contributed by atoms with Crippen LogP contribution < -0.4 is 18.6 Å². The average Bonchev–Trinajstić information content (AvgIpc) is 2.24. The van der Waals surface area contributed by atoms with Gasteiger partial charge in [0.1, 0.15) is 20.3 Å². The minimum atomic E-state index is -4.94. The van der Waals surface area contributed by atoms with E-state index >= 15 is 0 Å². The van der Waals surface area contributed by atoms with E-state index in [1.54, 1.807) is 0 Å². The summed E-state index contributed by atoms with van der Waals surface area (Å²) in [7, 11) is 5.63. The number of benzene rings is 1. The largest absolute Gasteiger partial charge is 0.304 e. The van der Waals surface area contributed by atoms with Gasteiger partial charge in [-0.3, -0.25) is 0 Å². The second-order valence-corrected chi connectivity index (χ2v) is 6.29. The zero-order chi connectivity index (χ0) is 16.7. The lowest BCUT2D eigenvalue weighted by Crippen LogP contribution is -2.68. The molecule has 0 radical (unpaired) electrons. The van der Waals surface area contributed by atoms with Crippen LogP contribution in [-0.4, -0.2) is 50.5 Å². The molecule has 0 heterocycles. The van der Waals surface area contributed by atoms with Crippen molar-refractivity contribution < 1.29 is 37.9 Å². The van der Waals surface area contributed by atoms with Crippen molar-refractivity contribution in [3.63, 3.8) is 0 Å². The fraction of sp³-hybridized carbons (Fsp3) is 0.357. The molecule has 0 aliphatic rings. The normalized spacial score (nSPS) is 12.3. The number of nitrogens with zero attached hydrogens (tertiary/aromatic N) is 2. The number of hydrogen-bond acceptors (Lipinski definition) is 4. The van der Waals surface area contributed by atoms with Gasteiger partial charge in [-0.2, -0.15) is 0 Å². The Morgan fingerprint density at radius 2 is 1.43 bits per heavy atom. The number of rotatable bonds is 3. The maximum absolute atomic E-state index is 8.49. The van der Waals surface area contributed by atoms with E-state index in [0.717, 1.165) is 4.48 Å². The van der Waals surface area contributed by atoms with Gasteiger partial charge in [0.05, 0.1) is 26.7 Å². The first-order valence-corrected chi connectivity index (χ1v) is 7.34. The second-order valence-electron chi connectivity index (χ2n) is 5.54. The number of hydrogen-bond donors (Lipinski definition) is 0. The molecule has 0 fully saturated rings. The molecule has 0 atom stereocenters. The highest BCUT2D eigenvalue weighted by molar-refractivity contribution is 6.06. The van der Waals surface area contributed by atoms with Crippen LogP contribution in [0.15, 0.2) is 36.5 Å². The summed E-state index contributed by atoms with van der Waals surface area (Å²) in [5, 5.41) is 0. The van der Waals surface area contributed by atoms with Gasteiger partial charge in [0.2, 0.25) is 0 Å². The summed E-state index contributed by atoms with van der Waals surface area (Å²) in [5.74, 6) is 0. The van der Waals surface area contributed by atoms with Gasteiger partial charge < -0.3 is 4.48 Å². The van der Waals surface area contributed by atoms with Gasteiger partial charge in [-0.25, -0.2) is 23.2 Å². The highest BCUT2D eigenvalue weighted by Crippen LogP contribution is 2.13. The SMILES string of the molecule is C[N+](C)=C/C(=C/[N+](C)(C)C)c1ccccc1.[O-][Cl+3]([O-])([O-])[O-]. The molecule has 0 aliphatic heterocycles. The van der Waals surface area contributed by atoms with E-state index in [1.807, 2.05) is 20.2 Å². The van der Waals surface area contributed by atoms with E-state index in [0.29, 0.717) is 0 Å². The third-order valence-electron chi connectivity index (χ3n) is 2.03. The zero-order valence-electron chi connectivity index (χ0n) is 12.9. The van der Waals surface area contributed by atoms with E-state index in [-0.39, 0.29) is 0 Å². The minimum Gasteiger partial charge on any atom is -0.304 e. The van der Waals surface area contributed by atoms with Crippen molar-refractivity contribution in [1.29, 1.82) is 0 Å². The lowest BCUT2D eigenvalue weighted by Gasteiger charge is -2.18. The van der Waals surface area contributed by atoms with Gasteiger partial charge in [-0.15, -0.1) is 10.2 Å². The molecule has 7 heteroatoms. The van der Waals surface area contributed by atoms with E-state index in [2.05, 4.69) is 62.4 Å². The maximum Gasteiger partial charge on any atom is 0.176 e. The van der Waals surface area contributed by atoms with Gasteiger partial charge in [-0.05, 0) is 5.56 Å². The summed E-state index contributed by atoms with van der Waals surface area (Å²) < 4.78 is 36.9. The van der Waals surface area contributed by atoms with Crippen LogP contribution in [-0.2, 0) is 0 Å². The van der Waals surface area contributed by atoms with Crippen molar-refractivity contribution in [2.45, 2.75) is 0 Å². The van der Waals surface area contributed by atoms with Gasteiger partial charge in [-0.1, -0.05) is 30.3 Å². The topological polar surface area (TPSA) is 95.2 Å². The molecule has 118 valence electrons. The van der Waals surface area contributed by atoms with E-state index < -0.39 is 10.2 Å². The van der Waals surface area contributed by atoms with Crippen LogP contribution in [0.1, 0.15) is 5.56 Å². The summed E-state index contributed by atoms with van der Waals surface area (Å²) in [5.41, 5.74) is 2.50. The fourth-order valence-electron chi connectivity index (χ4n) is 1.51. The molecule has 0 spiro atoms. The Morgan fingerprint density at radius 3 is 1.76 bits per heavy atom. The lowest BCUT2D eigenvalue weighted by molar-refractivity contribution is -2.00. The molecule has 6 nitrogen and oxygen atoms in total. The van der Waals surface area contributed by atoms with Gasteiger partial charge >= 0.3 is 0 Å². The van der Waals surface area contributed by atoms with E-state index in [9.17, 15) is 0 Å². The summed E-state index contributed by atoms with van der Waals surface area (Å²) in [6, 6.07) is 10.5. The van der Waals surface area contributed by atoms with Crippen molar-refractivity contribution in [2.24, 2.45) is 0 Å². The fourth-order valence-corrected chi connectivity index (χ4v) is 1.51. The van der Waals surface area contributed by atoms with Crippen molar-refractivity contribution in [3.05, 3.63) is 42.1 Å². The molecule has 0 amide bonds. The van der Waals surface area contributed by atoms with Crippen LogP contribution >= 0.6 is 0 Å². The molecule has 0 saturated heterocycles. The van der Waals surface area contributed by atoms with Crippen molar-refractivity contribution in [1.82, 2.24) is 0 Å². The molecule has 1 rings (SSSR count). The van der Waals surface area contributed by atoms with Crippen LogP contribution in [0, 0.1) is 10.2 Å². The Hall–Kier alpha value is -1.28. The van der Waals surface area contributed by atoms with Crippen molar-refractivity contribution >= 4 is 11.8 Å². The summed E-state index contributed by atoms with van der Waals surface area (Å²) in [4.78, 5) is 0. The zero-order valence-corrected chi connectivity index (χ0v) is 13.7. The van der Waals surface area contributed by atoms with E-state index in [1.165, 1.54) is 11.1 Å². The highest BCUT2D eigenvalue weighted by Gasteiger charge is 2.10. The number of quaternary nitrogens is 1. The van der Waals surface area contributed by atoms with Crippen LogP contribution in [0.5, 0.6) is 0 Å². The molecular formula is C14H22ClN2O4+. The molecule has 0 N–H and O–H groups in total. The van der Waals surface area contributed by atoms with Crippen molar-refractivity contribution in [2.75, 3.05) is 35.2 Å². The Labute approximate surface area is 127 Å². The van der Waals surface area contributed by atoms with Crippen molar-refractivity contribution in [3.8, 4) is 0 Å². The molecule has 1 aromatic rings. The van der Waals surface area contributed by atoms with Crippen LogP contribution in [0.25, 0.3) is 5.57 Å². The molecule has 0 saturated carbocycles. The predicted octanol–water partition coefficient (Wildman–Crippen LogP) is -2.68. The molecule has 0 aliphatic carbocycles. The highest BCUT2D eigenvalue weighted by atomic mass is 35.7. The van der Waals surface area contributed by atoms with Crippen LogP contribution in [0.4, 0.5) is 0 Å². The first-order valence-electron chi connectivity index (χ1n) is 6.11. The monoisotopic (exact) mass is 317 g/mol. The van der Waals surface area contributed by atoms with Crippen LogP contribution in [0.2, 0.25) is 0 Å².